The van der Waals surface area contributed by atoms with Gasteiger partial charge in [-0.3, -0.25) is 10.0 Å². The van der Waals surface area contributed by atoms with Crippen LogP contribution < -0.4 is 11.0 Å². The molecule has 88 valence electrons. The third-order valence-corrected chi connectivity index (χ3v) is 2.08. The van der Waals surface area contributed by atoms with E-state index in [1.807, 2.05) is 0 Å². The zero-order valence-corrected chi connectivity index (χ0v) is 8.15. The quantitative estimate of drug-likeness (QED) is 0.525. The Morgan fingerprint density at radius 1 is 1.38 bits per heavy atom. The van der Waals surface area contributed by atoms with Crippen LogP contribution in [0.3, 0.4) is 0 Å². The molecule has 0 aliphatic carbocycles. The zero-order valence-electron chi connectivity index (χ0n) is 8.15. The highest BCUT2D eigenvalue weighted by molar-refractivity contribution is 5.74. The number of nitrogens with two attached hydrogens (primary N) is 1. The van der Waals surface area contributed by atoms with E-state index in [1.54, 1.807) is 0 Å². The number of hydrogen-bond acceptors (Lipinski definition) is 6. The van der Waals surface area contributed by atoms with Crippen molar-refractivity contribution >= 4 is 11.7 Å². The molecule has 0 saturated carbocycles. The minimum Gasteiger partial charge on any atom is -0.733 e. The Bertz CT molecular complexity index is 365. The molecule has 0 saturated heterocycles. The van der Waals surface area contributed by atoms with Crippen molar-refractivity contribution in [1.29, 1.82) is 0 Å². The Kier molecular flexibility index (Phi) is 3.80. The number of carboxylic acids is 1. The summed E-state index contributed by atoms with van der Waals surface area (Å²) < 4.78 is 0. The standard InChI is InChI=1S/C9H11N2O5/c10-7(9(13)14)8(12)5-1-3-6(4-2-5)11(15)16/h1-4,7-8,12,15H,10H2,(H,13,14)/q-1. The smallest absolute Gasteiger partial charge is 0.323 e. The van der Waals surface area contributed by atoms with Crippen LogP contribution in [-0.4, -0.2) is 27.4 Å². The topological polar surface area (TPSA) is 130 Å². The van der Waals surface area contributed by atoms with Crippen LogP contribution >= 0.6 is 0 Å². The monoisotopic (exact) mass is 227 g/mol. The van der Waals surface area contributed by atoms with Gasteiger partial charge in [-0.25, -0.2) is 0 Å². The van der Waals surface area contributed by atoms with Crippen LogP contribution in [0.2, 0.25) is 0 Å². The lowest BCUT2D eigenvalue weighted by Gasteiger charge is -2.22. The summed E-state index contributed by atoms with van der Waals surface area (Å²) >= 11 is 0. The highest BCUT2D eigenvalue weighted by atomic mass is 16.8. The van der Waals surface area contributed by atoms with Gasteiger partial charge in [0.05, 0.1) is 5.69 Å². The fraction of sp³-hybridized carbons (Fsp3) is 0.222. The number of aliphatic hydroxyl groups excluding tert-OH is 1. The number of carbonyl (C=O) groups is 1. The number of nitrogens with zero attached hydrogens (tertiary/aromatic N) is 1. The van der Waals surface area contributed by atoms with Gasteiger partial charge in [-0.15, -0.1) is 0 Å². The highest BCUT2D eigenvalue weighted by Gasteiger charge is 2.23. The number of benzene rings is 1. The molecule has 1 aromatic carbocycles. The first-order valence-electron chi connectivity index (χ1n) is 4.36. The molecule has 2 unspecified atom stereocenters. The summed E-state index contributed by atoms with van der Waals surface area (Å²) in [5.41, 5.74) is 5.44. The first-order valence-corrected chi connectivity index (χ1v) is 4.36. The van der Waals surface area contributed by atoms with Gasteiger partial charge in [-0.1, -0.05) is 12.1 Å². The minimum absolute atomic E-state index is 0.0279. The van der Waals surface area contributed by atoms with Gasteiger partial charge in [0, 0.05) is 0 Å². The first-order chi connectivity index (χ1) is 7.43. The molecule has 5 N–H and O–H groups in total. The van der Waals surface area contributed by atoms with Gasteiger partial charge in [0.1, 0.15) is 12.1 Å². The Hall–Kier alpha value is -1.67. The summed E-state index contributed by atoms with van der Waals surface area (Å²) in [7, 11) is 0. The molecule has 2 atom stereocenters. The molecule has 0 aliphatic rings. The predicted octanol–water partition coefficient (Wildman–Crippen LogP) is -0.175. The summed E-state index contributed by atoms with van der Waals surface area (Å²) in [5, 5.41) is 36.8. The van der Waals surface area contributed by atoms with E-state index in [0.29, 0.717) is 0 Å². The number of rotatable bonds is 4. The first kappa shape index (κ1) is 12.4. The average molecular weight is 227 g/mol. The van der Waals surface area contributed by atoms with E-state index in [0.717, 1.165) is 0 Å². The molecule has 0 spiro atoms. The lowest BCUT2D eigenvalue weighted by molar-refractivity contribution is -0.141. The molecular weight excluding hydrogens is 216 g/mol. The van der Waals surface area contributed by atoms with E-state index in [-0.39, 0.29) is 16.5 Å². The number of aliphatic hydroxyl groups is 1. The van der Waals surface area contributed by atoms with E-state index in [2.05, 4.69) is 0 Å². The molecular formula is C9H11N2O5-. The van der Waals surface area contributed by atoms with Crippen LogP contribution in [-0.2, 0) is 4.79 Å². The second-order valence-electron chi connectivity index (χ2n) is 3.17. The van der Waals surface area contributed by atoms with Gasteiger partial charge in [-0.2, -0.15) is 0 Å². The maximum atomic E-state index is 10.5. The summed E-state index contributed by atoms with van der Waals surface area (Å²) in [6, 6.07) is 3.65. The van der Waals surface area contributed by atoms with Crippen molar-refractivity contribution in [3.8, 4) is 0 Å². The molecule has 0 heterocycles. The van der Waals surface area contributed by atoms with E-state index in [4.69, 9.17) is 16.0 Å². The Morgan fingerprint density at radius 2 is 1.88 bits per heavy atom. The molecule has 1 rings (SSSR count). The van der Waals surface area contributed by atoms with Crippen molar-refractivity contribution in [3.63, 3.8) is 0 Å². The van der Waals surface area contributed by atoms with Gasteiger partial charge in [0.15, 0.2) is 0 Å². The fourth-order valence-corrected chi connectivity index (χ4v) is 1.14. The summed E-state index contributed by atoms with van der Waals surface area (Å²) in [6.45, 7) is 0. The van der Waals surface area contributed by atoms with Gasteiger partial charge in [0.25, 0.3) is 0 Å². The molecule has 0 radical (unpaired) electrons. The second kappa shape index (κ2) is 4.90. The van der Waals surface area contributed by atoms with Crippen LogP contribution in [0.25, 0.3) is 0 Å². The molecule has 0 amide bonds. The van der Waals surface area contributed by atoms with Gasteiger partial charge in [-0.05, 0) is 17.7 Å². The van der Waals surface area contributed by atoms with Crippen LogP contribution in [0, 0.1) is 5.21 Å². The van der Waals surface area contributed by atoms with Crippen molar-refractivity contribution in [1.82, 2.24) is 0 Å². The van der Waals surface area contributed by atoms with Crippen LogP contribution in [0.4, 0.5) is 5.69 Å². The minimum atomic E-state index is -1.44. The lowest BCUT2D eigenvalue weighted by atomic mass is 10.0. The molecule has 0 aromatic heterocycles. The Morgan fingerprint density at radius 3 is 2.25 bits per heavy atom. The van der Waals surface area contributed by atoms with Crippen molar-refractivity contribution in [2.24, 2.45) is 5.73 Å². The van der Waals surface area contributed by atoms with E-state index in [1.165, 1.54) is 24.3 Å². The summed E-state index contributed by atoms with van der Waals surface area (Å²) in [4.78, 5) is 10.5. The third kappa shape index (κ3) is 2.67. The Balaban J connectivity index is 2.85. The SMILES string of the molecule is NC(C(=O)O)C(O)c1ccc(N([O-])O)cc1. The summed E-state index contributed by atoms with van der Waals surface area (Å²) in [6.07, 6.45) is -1.37. The fourth-order valence-electron chi connectivity index (χ4n) is 1.14. The van der Waals surface area contributed by atoms with Gasteiger partial charge in [0.2, 0.25) is 0 Å². The molecule has 7 heteroatoms. The molecule has 0 fully saturated rings. The van der Waals surface area contributed by atoms with Crippen molar-refractivity contribution in [2.45, 2.75) is 12.1 Å². The number of carboxylic acid groups (broad SMARTS) is 1. The van der Waals surface area contributed by atoms with Crippen LogP contribution in [0.5, 0.6) is 0 Å². The van der Waals surface area contributed by atoms with E-state index >= 15 is 0 Å². The largest absolute Gasteiger partial charge is 0.733 e. The van der Waals surface area contributed by atoms with Crippen LogP contribution in [0.15, 0.2) is 24.3 Å². The highest BCUT2D eigenvalue weighted by Crippen LogP contribution is 2.19. The molecule has 16 heavy (non-hydrogen) atoms. The zero-order chi connectivity index (χ0) is 12.3. The van der Waals surface area contributed by atoms with Gasteiger partial charge >= 0.3 is 5.97 Å². The lowest BCUT2D eigenvalue weighted by Crippen LogP contribution is -2.36. The molecule has 0 bridgehead atoms. The normalized spacial score (nSPS) is 14.2. The second-order valence-corrected chi connectivity index (χ2v) is 3.17. The Labute approximate surface area is 90.9 Å². The van der Waals surface area contributed by atoms with Crippen molar-refractivity contribution < 1.29 is 20.2 Å². The van der Waals surface area contributed by atoms with Crippen LogP contribution in [0.1, 0.15) is 11.7 Å². The third-order valence-electron chi connectivity index (χ3n) is 2.08. The molecule has 7 nitrogen and oxygen atoms in total. The number of aliphatic carboxylic acids is 1. The predicted molar refractivity (Wildman–Crippen MR) is 54.6 cm³/mol. The summed E-state index contributed by atoms with van der Waals surface area (Å²) in [5.74, 6) is -1.33. The molecule has 1 aromatic rings. The number of anilines is 1. The van der Waals surface area contributed by atoms with E-state index < -0.39 is 18.1 Å². The molecule has 0 aliphatic heterocycles. The van der Waals surface area contributed by atoms with E-state index in [9.17, 15) is 15.1 Å². The van der Waals surface area contributed by atoms with Gasteiger partial charge < -0.3 is 26.4 Å². The number of hydrogen-bond donors (Lipinski definition) is 4. The average Bonchev–Trinajstić information content (AvgIpc) is 2.27. The maximum absolute atomic E-state index is 10.5. The van der Waals surface area contributed by atoms with Crippen molar-refractivity contribution in [3.05, 3.63) is 35.0 Å². The maximum Gasteiger partial charge on any atom is 0.323 e. The van der Waals surface area contributed by atoms with Crippen molar-refractivity contribution in [2.75, 3.05) is 5.23 Å².